The Morgan fingerprint density at radius 2 is 2.44 bits per heavy atom. The van der Waals surface area contributed by atoms with Gasteiger partial charge in [0, 0.05) is 18.0 Å². The predicted molar refractivity (Wildman–Crippen MR) is 64.9 cm³/mol. The van der Waals surface area contributed by atoms with Crippen LogP contribution in [0.3, 0.4) is 0 Å². The van der Waals surface area contributed by atoms with Crippen LogP contribution in [0.25, 0.3) is 0 Å². The monoisotopic (exact) mass is 246 g/mol. The quantitative estimate of drug-likeness (QED) is 0.759. The molecule has 3 rings (SSSR count). The van der Waals surface area contributed by atoms with Crippen molar-refractivity contribution in [2.75, 3.05) is 5.73 Å². The molecular weight excluding hydrogens is 232 g/mol. The lowest BCUT2D eigenvalue weighted by Crippen LogP contribution is -2.23. The number of aromatic nitrogens is 2. The molecule has 2 heterocycles. The molecule has 0 aliphatic heterocycles. The minimum atomic E-state index is -0.267. The van der Waals surface area contributed by atoms with Gasteiger partial charge in [-0.05, 0) is 18.9 Å². The number of carbonyl (C=O) groups excluding carboxylic acids is 1. The molecule has 1 aliphatic carbocycles. The number of nitrogens with zero attached hydrogens (tertiary/aromatic N) is 1. The number of furan rings is 1. The fraction of sp³-hybridized carbons (Fsp3) is 0.333. The summed E-state index contributed by atoms with van der Waals surface area (Å²) in [5.74, 6) is 0.185. The Labute approximate surface area is 104 Å². The maximum Gasteiger partial charge on any atom is 0.274 e. The van der Waals surface area contributed by atoms with Crippen LogP contribution < -0.4 is 11.1 Å². The average Bonchev–Trinajstić information content (AvgIpc) is 2.93. The molecule has 6 heteroatoms. The maximum absolute atomic E-state index is 11.9. The standard InChI is InChI=1S/C12H14N4O2/c13-9-10(8-1-2-8)15-16-11(9)12(17)14-5-7-3-4-18-6-7/h3-4,6,8H,1-2,5,13H2,(H,14,17)(H,15,16). The van der Waals surface area contributed by atoms with Crippen molar-refractivity contribution in [1.29, 1.82) is 0 Å². The molecule has 0 atom stereocenters. The molecule has 1 fully saturated rings. The van der Waals surface area contributed by atoms with Crippen LogP contribution in [-0.4, -0.2) is 16.1 Å². The number of anilines is 1. The number of amides is 1. The molecule has 0 aromatic carbocycles. The topological polar surface area (TPSA) is 96.9 Å². The molecule has 1 aliphatic rings. The minimum Gasteiger partial charge on any atom is -0.472 e. The summed E-state index contributed by atoms with van der Waals surface area (Å²) in [5, 5.41) is 9.60. The van der Waals surface area contributed by atoms with Crippen LogP contribution in [0.5, 0.6) is 0 Å². The predicted octanol–water partition coefficient (Wildman–Crippen LogP) is 1.39. The zero-order valence-corrected chi connectivity index (χ0v) is 9.77. The Balaban J connectivity index is 1.68. The van der Waals surface area contributed by atoms with Gasteiger partial charge in [0.25, 0.3) is 5.91 Å². The third-order valence-corrected chi connectivity index (χ3v) is 3.07. The first-order chi connectivity index (χ1) is 8.75. The smallest absolute Gasteiger partial charge is 0.274 e. The Bertz CT molecular complexity index is 555. The maximum atomic E-state index is 11.9. The molecule has 94 valence electrons. The highest BCUT2D eigenvalue weighted by atomic mass is 16.3. The molecule has 0 spiro atoms. The number of rotatable bonds is 4. The number of nitrogens with two attached hydrogens (primary N) is 1. The Hall–Kier alpha value is -2.24. The lowest BCUT2D eigenvalue weighted by Gasteiger charge is -2.01. The van der Waals surface area contributed by atoms with Gasteiger partial charge in [-0.25, -0.2) is 0 Å². The van der Waals surface area contributed by atoms with Crippen molar-refractivity contribution in [2.24, 2.45) is 0 Å². The molecule has 2 aromatic heterocycles. The molecule has 0 radical (unpaired) electrons. The Morgan fingerprint density at radius 1 is 1.61 bits per heavy atom. The van der Waals surface area contributed by atoms with Crippen molar-refractivity contribution >= 4 is 11.6 Å². The summed E-state index contributed by atoms with van der Waals surface area (Å²) < 4.78 is 4.92. The average molecular weight is 246 g/mol. The van der Waals surface area contributed by atoms with Crippen molar-refractivity contribution in [1.82, 2.24) is 15.5 Å². The van der Waals surface area contributed by atoms with Gasteiger partial charge in [-0.3, -0.25) is 9.89 Å². The molecule has 6 nitrogen and oxygen atoms in total. The zero-order valence-electron chi connectivity index (χ0n) is 9.77. The highest BCUT2D eigenvalue weighted by Gasteiger charge is 2.30. The fourth-order valence-corrected chi connectivity index (χ4v) is 1.88. The highest BCUT2D eigenvalue weighted by Crippen LogP contribution is 2.42. The molecule has 1 amide bonds. The normalized spacial score (nSPS) is 14.7. The van der Waals surface area contributed by atoms with E-state index in [4.69, 9.17) is 10.2 Å². The van der Waals surface area contributed by atoms with E-state index in [1.165, 1.54) is 0 Å². The number of hydrogen-bond donors (Lipinski definition) is 3. The van der Waals surface area contributed by atoms with Crippen molar-refractivity contribution in [3.05, 3.63) is 35.5 Å². The van der Waals surface area contributed by atoms with Crippen LogP contribution >= 0.6 is 0 Å². The summed E-state index contributed by atoms with van der Waals surface area (Å²) in [6.07, 6.45) is 5.38. The third-order valence-electron chi connectivity index (χ3n) is 3.07. The lowest BCUT2D eigenvalue weighted by molar-refractivity contribution is 0.0946. The van der Waals surface area contributed by atoms with Gasteiger partial charge < -0.3 is 15.5 Å². The molecule has 2 aromatic rings. The van der Waals surface area contributed by atoms with Crippen LogP contribution in [0.1, 0.15) is 40.5 Å². The van der Waals surface area contributed by atoms with Gasteiger partial charge in [0.2, 0.25) is 0 Å². The minimum absolute atomic E-state index is 0.267. The van der Waals surface area contributed by atoms with Crippen LogP contribution in [0.4, 0.5) is 5.69 Å². The molecular formula is C12H14N4O2. The molecule has 0 unspecified atom stereocenters. The van der Waals surface area contributed by atoms with Gasteiger partial charge in [0.1, 0.15) is 0 Å². The summed E-state index contributed by atoms with van der Waals surface area (Å²) in [7, 11) is 0. The lowest BCUT2D eigenvalue weighted by atomic mass is 10.2. The van der Waals surface area contributed by atoms with E-state index in [0.29, 0.717) is 18.2 Å². The van der Waals surface area contributed by atoms with E-state index in [-0.39, 0.29) is 11.6 Å². The SMILES string of the molecule is Nc1c(C(=O)NCc2ccoc2)n[nH]c1C1CC1. The first-order valence-corrected chi connectivity index (χ1v) is 5.88. The van der Waals surface area contributed by atoms with Gasteiger partial charge in [-0.15, -0.1) is 0 Å². The number of H-pyrrole nitrogens is 1. The van der Waals surface area contributed by atoms with Gasteiger partial charge in [-0.1, -0.05) is 0 Å². The van der Waals surface area contributed by atoms with E-state index in [1.54, 1.807) is 18.6 Å². The first-order valence-electron chi connectivity index (χ1n) is 5.88. The fourth-order valence-electron chi connectivity index (χ4n) is 1.88. The molecule has 18 heavy (non-hydrogen) atoms. The van der Waals surface area contributed by atoms with Crippen LogP contribution in [0.15, 0.2) is 23.0 Å². The van der Waals surface area contributed by atoms with Crippen molar-refractivity contribution in [2.45, 2.75) is 25.3 Å². The number of carbonyl (C=O) groups is 1. The second-order valence-electron chi connectivity index (χ2n) is 4.49. The zero-order chi connectivity index (χ0) is 12.5. The summed E-state index contributed by atoms with van der Waals surface area (Å²) >= 11 is 0. The van der Waals surface area contributed by atoms with Crippen molar-refractivity contribution in [3.8, 4) is 0 Å². The first kappa shape index (κ1) is 10.9. The van der Waals surface area contributed by atoms with Gasteiger partial charge in [0.15, 0.2) is 5.69 Å². The molecule has 0 bridgehead atoms. The number of aromatic amines is 1. The molecule has 4 N–H and O–H groups in total. The van der Waals surface area contributed by atoms with E-state index < -0.39 is 0 Å². The third kappa shape index (κ3) is 1.97. The summed E-state index contributed by atoms with van der Waals surface area (Å²) in [4.78, 5) is 11.9. The number of nitrogen functional groups attached to an aromatic ring is 1. The largest absolute Gasteiger partial charge is 0.472 e. The van der Waals surface area contributed by atoms with Gasteiger partial charge >= 0.3 is 0 Å². The summed E-state index contributed by atoms with van der Waals surface area (Å²) in [5.41, 5.74) is 8.47. The highest BCUT2D eigenvalue weighted by molar-refractivity contribution is 5.97. The van der Waals surface area contributed by atoms with E-state index in [1.807, 2.05) is 0 Å². The number of nitrogens with one attached hydrogen (secondary N) is 2. The molecule has 0 saturated heterocycles. The van der Waals surface area contributed by atoms with E-state index >= 15 is 0 Å². The van der Waals surface area contributed by atoms with Crippen molar-refractivity contribution in [3.63, 3.8) is 0 Å². The van der Waals surface area contributed by atoms with E-state index in [0.717, 1.165) is 24.1 Å². The Kier molecular flexibility index (Phi) is 2.55. The van der Waals surface area contributed by atoms with Crippen LogP contribution in [0, 0.1) is 0 Å². The number of hydrogen-bond acceptors (Lipinski definition) is 4. The van der Waals surface area contributed by atoms with Gasteiger partial charge in [-0.2, -0.15) is 5.10 Å². The van der Waals surface area contributed by atoms with E-state index in [9.17, 15) is 4.79 Å². The van der Waals surface area contributed by atoms with Crippen molar-refractivity contribution < 1.29 is 9.21 Å². The summed E-state index contributed by atoms with van der Waals surface area (Å²) in [6, 6.07) is 1.80. The van der Waals surface area contributed by atoms with E-state index in [2.05, 4.69) is 15.5 Å². The second-order valence-corrected chi connectivity index (χ2v) is 4.49. The molecule has 1 saturated carbocycles. The Morgan fingerprint density at radius 3 is 3.11 bits per heavy atom. The summed E-state index contributed by atoms with van der Waals surface area (Å²) in [6.45, 7) is 0.403. The van der Waals surface area contributed by atoms with Crippen LogP contribution in [-0.2, 0) is 6.54 Å². The second kappa shape index (κ2) is 4.21. The van der Waals surface area contributed by atoms with Gasteiger partial charge in [0.05, 0.1) is 23.9 Å². The van der Waals surface area contributed by atoms with Crippen LogP contribution in [0.2, 0.25) is 0 Å².